The van der Waals surface area contributed by atoms with E-state index in [-0.39, 0.29) is 0 Å². The Kier molecular flexibility index (Phi) is 6.56. The summed E-state index contributed by atoms with van der Waals surface area (Å²) in [6.07, 6.45) is 0. The zero-order chi connectivity index (χ0) is 36.7. The van der Waals surface area contributed by atoms with Crippen LogP contribution in [0.5, 0.6) is 0 Å². The molecule has 56 heavy (non-hydrogen) atoms. The smallest absolute Gasteiger partial charge is 0.164 e. The minimum atomic E-state index is 0.591. The van der Waals surface area contributed by atoms with E-state index in [4.69, 9.17) is 19.4 Å². The lowest BCUT2D eigenvalue weighted by molar-refractivity contribution is 0.669. The molecular weight excluding hydrogens is 685 g/mol. The highest BCUT2D eigenvalue weighted by molar-refractivity contribution is 6.21. The van der Waals surface area contributed by atoms with Crippen LogP contribution in [0.1, 0.15) is 0 Å². The molecule has 0 atom stereocenters. The van der Waals surface area contributed by atoms with Crippen LogP contribution in [0.25, 0.3) is 116 Å². The molecule has 5 heteroatoms. The van der Waals surface area contributed by atoms with Crippen LogP contribution in [0.3, 0.4) is 0 Å². The van der Waals surface area contributed by atoms with Gasteiger partial charge in [0.25, 0.3) is 0 Å². The Morgan fingerprint density at radius 1 is 0.357 bits per heavy atom. The molecule has 12 aromatic rings. The molecule has 0 aliphatic heterocycles. The van der Waals surface area contributed by atoms with Gasteiger partial charge in [-0.15, -0.1) is 0 Å². The molecule has 9 aromatic carbocycles. The topological polar surface area (TPSA) is 56.7 Å². The summed E-state index contributed by atoms with van der Waals surface area (Å²) in [7, 11) is 0. The summed E-state index contributed by atoms with van der Waals surface area (Å²) in [5.74, 6) is 1.83. The first kappa shape index (κ1) is 30.8. The maximum Gasteiger partial charge on any atom is 0.164 e. The van der Waals surface area contributed by atoms with Crippen LogP contribution in [0.4, 0.5) is 0 Å². The number of nitrogens with zero attached hydrogens (tertiary/aromatic N) is 4. The number of benzene rings is 9. The van der Waals surface area contributed by atoms with Crippen molar-refractivity contribution in [3.8, 4) is 39.9 Å². The van der Waals surface area contributed by atoms with Crippen molar-refractivity contribution >= 4 is 76.1 Å². The molecule has 0 N–H and O–H groups in total. The second kappa shape index (κ2) is 11.9. The SMILES string of the molecule is c1ccc2cc(-c3nc(-c4ccc5ccccc5c4)nc(-c4cccc5oc6ccc(-n7c8ccccc8c8c9ccccc9ccc87)cc6c45)n3)ccc2c1. The Labute approximate surface area is 320 Å². The van der Waals surface area contributed by atoms with E-state index in [1.807, 2.05) is 12.1 Å². The standard InChI is InChI=1S/C51H30N4O/c1-3-13-34-28-36(22-20-31(34)10-1)49-52-50(37-23-21-32-11-2-4-14-35(32)29-37)54-51(53-49)41-17-9-19-46-48(41)42-30-38(25-27-45(42)56-46)55-43-18-8-7-16-40(43)47-39-15-6-5-12-33(39)24-26-44(47)55/h1-30H. The molecule has 0 amide bonds. The van der Waals surface area contributed by atoms with Crippen LogP contribution in [0, 0.1) is 0 Å². The van der Waals surface area contributed by atoms with Crippen LogP contribution < -0.4 is 0 Å². The van der Waals surface area contributed by atoms with Gasteiger partial charge in [0.05, 0.1) is 11.0 Å². The summed E-state index contributed by atoms with van der Waals surface area (Å²) in [4.78, 5) is 15.6. The molecule has 0 radical (unpaired) electrons. The minimum absolute atomic E-state index is 0.591. The van der Waals surface area contributed by atoms with E-state index >= 15 is 0 Å². The number of aromatic nitrogens is 4. The Hall–Kier alpha value is -7.63. The molecular formula is C51H30N4O. The molecule has 0 aliphatic rings. The average Bonchev–Trinajstić information content (AvgIpc) is 3.81. The fraction of sp³-hybridized carbons (Fsp3) is 0. The fourth-order valence-corrected chi connectivity index (χ4v) is 8.57. The van der Waals surface area contributed by atoms with Crippen LogP contribution in [-0.4, -0.2) is 19.5 Å². The van der Waals surface area contributed by atoms with Crippen molar-refractivity contribution in [1.82, 2.24) is 19.5 Å². The molecule has 0 fully saturated rings. The van der Waals surface area contributed by atoms with E-state index in [1.54, 1.807) is 0 Å². The normalized spacial score (nSPS) is 11.9. The molecule has 5 nitrogen and oxygen atoms in total. The highest BCUT2D eigenvalue weighted by Crippen LogP contribution is 2.41. The number of rotatable bonds is 4. The first-order chi connectivity index (χ1) is 27.7. The van der Waals surface area contributed by atoms with Crippen molar-refractivity contribution in [2.75, 3.05) is 0 Å². The number of fused-ring (bicyclic) bond motifs is 10. The summed E-state index contributed by atoms with van der Waals surface area (Å²) in [5.41, 5.74) is 7.71. The predicted octanol–water partition coefficient (Wildman–Crippen LogP) is 13.3. The van der Waals surface area contributed by atoms with Gasteiger partial charge in [-0.1, -0.05) is 133 Å². The van der Waals surface area contributed by atoms with Crippen molar-refractivity contribution in [3.63, 3.8) is 0 Å². The Morgan fingerprint density at radius 2 is 0.964 bits per heavy atom. The molecule has 260 valence electrons. The van der Waals surface area contributed by atoms with Crippen molar-refractivity contribution in [2.24, 2.45) is 0 Å². The molecule has 0 saturated heterocycles. The third-order valence-electron chi connectivity index (χ3n) is 11.2. The van der Waals surface area contributed by atoms with Gasteiger partial charge in [0.15, 0.2) is 17.5 Å². The van der Waals surface area contributed by atoms with Gasteiger partial charge in [-0.2, -0.15) is 0 Å². The van der Waals surface area contributed by atoms with E-state index in [0.29, 0.717) is 17.5 Å². The summed E-state index contributed by atoms with van der Waals surface area (Å²) in [6, 6.07) is 63.9. The van der Waals surface area contributed by atoms with E-state index in [2.05, 4.69) is 174 Å². The molecule has 0 bridgehead atoms. The molecule has 12 rings (SSSR count). The van der Waals surface area contributed by atoms with Gasteiger partial charge in [0.1, 0.15) is 11.2 Å². The van der Waals surface area contributed by atoms with Crippen LogP contribution in [0.15, 0.2) is 186 Å². The van der Waals surface area contributed by atoms with Crippen molar-refractivity contribution in [3.05, 3.63) is 182 Å². The summed E-state index contributed by atoms with van der Waals surface area (Å²) in [6.45, 7) is 0. The molecule has 0 unspecified atom stereocenters. The number of hydrogen-bond donors (Lipinski definition) is 0. The summed E-state index contributed by atoms with van der Waals surface area (Å²) >= 11 is 0. The molecule has 3 heterocycles. The maximum atomic E-state index is 6.57. The molecule has 0 aliphatic carbocycles. The van der Waals surface area contributed by atoms with Gasteiger partial charge < -0.3 is 8.98 Å². The zero-order valence-corrected chi connectivity index (χ0v) is 30.0. The van der Waals surface area contributed by atoms with Gasteiger partial charge in [-0.05, 0) is 80.8 Å². The summed E-state index contributed by atoms with van der Waals surface area (Å²) in [5, 5.41) is 11.5. The van der Waals surface area contributed by atoms with Gasteiger partial charge in [-0.3, -0.25) is 0 Å². The van der Waals surface area contributed by atoms with Crippen LogP contribution in [0.2, 0.25) is 0 Å². The third kappa shape index (κ3) is 4.71. The lowest BCUT2D eigenvalue weighted by atomic mass is 10.0. The monoisotopic (exact) mass is 714 g/mol. The highest BCUT2D eigenvalue weighted by atomic mass is 16.3. The maximum absolute atomic E-state index is 6.57. The Morgan fingerprint density at radius 3 is 1.70 bits per heavy atom. The van der Waals surface area contributed by atoms with Crippen molar-refractivity contribution in [2.45, 2.75) is 0 Å². The highest BCUT2D eigenvalue weighted by Gasteiger charge is 2.20. The van der Waals surface area contributed by atoms with Gasteiger partial charge in [0.2, 0.25) is 0 Å². The number of furan rings is 1. The first-order valence-electron chi connectivity index (χ1n) is 18.8. The number of hydrogen-bond acceptors (Lipinski definition) is 4. The number of para-hydroxylation sites is 1. The minimum Gasteiger partial charge on any atom is -0.456 e. The second-order valence-corrected chi connectivity index (χ2v) is 14.4. The van der Waals surface area contributed by atoms with E-state index in [0.717, 1.165) is 66.1 Å². The van der Waals surface area contributed by atoms with Crippen molar-refractivity contribution < 1.29 is 4.42 Å². The van der Waals surface area contributed by atoms with Crippen molar-refractivity contribution in [1.29, 1.82) is 0 Å². The predicted molar refractivity (Wildman–Crippen MR) is 230 cm³/mol. The van der Waals surface area contributed by atoms with E-state index < -0.39 is 0 Å². The fourth-order valence-electron chi connectivity index (χ4n) is 8.57. The summed E-state index contributed by atoms with van der Waals surface area (Å²) < 4.78 is 8.94. The van der Waals surface area contributed by atoms with Gasteiger partial charge in [-0.25, -0.2) is 15.0 Å². The van der Waals surface area contributed by atoms with Crippen LogP contribution >= 0.6 is 0 Å². The zero-order valence-electron chi connectivity index (χ0n) is 30.0. The van der Waals surface area contributed by atoms with Gasteiger partial charge >= 0.3 is 0 Å². The quantitative estimate of drug-likeness (QED) is 0.182. The van der Waals surface area contributed by atoms with Crippen LogP contribution in [-0.2, 0) is 0 Å². The van der Waals surface area contributed by atoms with Gasteiger partial charge in [0, 0.05) is 43.9 Å². The third-order valence-corrected chi connectivity index (χ3v) is 11.2. The average molecular weight is 715 g/mol. The molecule has 0 saturated carbocycles. The molecule has 3 aromatic heterocycles. The lowest BCUT2D eigenvalue weighted by Gasteiger charge is -2.11. The van der Waals surface area contributed by atoms with E-state index in [1.165, 1.54) is 32.3 Å². The Bertz CT molecular complexity index is 3460. The van der Waals surface area contributed by atoms with E-state index in [9.17, 15) is 0 Å². The molecule has 0 spiro atoms. The Balaban J connectivity index is 1.10. The first-order valence-corrected chi connectivity index (χ1v) is 18.8. The second-order valence-electron chi connectivity index (χ2n) is 14.4. The largest absolute Gasteiger partial charge is 0.456 e. The lowest BCUT2D eigenvalue weighted by Crippen LogP contribution is -2.00.